The number of alkyl halides is 3. The largest absolute Gasteiger partial charge is 0.403 e. The van der Waals surface area contributed by atoms with Crippen LogP contribution in [0.25, 0.3) is 0 Å². The second-order valence-electron chi connectivity index (χ2n) is 5.27. The summed E-state index contributed by atoms with van der Waals surface area (Å²) in [6, 6.07) is 6.25. The minimum absolute atomic E-state index is 0. The first kappa shape index (κ1) is 21.3. The Morgan fingerprint density at radius 3 is 2.23 bits per heavy atom. The van der Waals surface area contributed by atoms with Gasteiger partial charge in [-0.1, -0.05) is 12.1 Å². The minimum Gasteiger partial charge on any atom is -0.399 e. The van der Waals surface area contributed by atoms with Crippen LogP contribution in [0.3, 0.4) is 0 Å². The molecule has 0 radical (unpaired) electrons. The molecule has 1 aromatic rings. The molecule has 1 saturated heterocycles. The first-order valence-corrected chi connectivity index (χ1v) is 6.74. The Hall–Kier alpha value is -0.690. The van der Waals surface area contributed by atoms with Crippen LogP contribution in [0.5, 0.6) is 0 Å². The summed E-state index contributed by atoms with van der Waals surface area (Å²) in [5, 5.41) is 0. The summed E-state index contributed by atoms with van der Waals surface area (Å²) >= 11 is 0. The molecule has 1 atom stereocenters. The Kier molecular flexibility index (Phi) is 8.54. The molecular weight excluding hydrogens is 338 g/mol. The third kappa shape index (κ3) is 5.83. The lowest BCUT2D eigenvalue weighted by atomic mass is 10.1. The summed E-state index contributed by atoms with van der Waals surface area (Å²) in [5.41, 5.74) is 7.54. The highest BCUT2D eigenvalue weighted by molar-refractivity contribution is 5.85. The molecule has 2 rings (SSSR count). The van der Waals surface area contributed by atoms with E-state index in [9.17, 15) is 13.2 Å². The van der Waals surface area contributed by atoms with Gasteiger partial charge in [-0.15, -0.1) is 24.8 Å². The van der Waals surface area contributed by atoms with Crippen LogP contribution in [0.2, 0.25) is 0 Å². The number of benzene rings is 1. The van der Waals surface area contributed by atoms with E-state index in [1.54, 1.807) is 0 Å². The van der Waals surface area contributed by atoms with Gasteiger partial charge in [0.2, 0.25) is 0 Å². The number of nitrogens with two attached hydrogens (primary N) is 1. The molecule has 2 N–H and O–H groups in total. The average Bonchev–Trinajstić information content (AvgIpc) is 2.38. The zero-order valence-corrected chi connectivity index (χ0v) is 14.0. The number of hydrogen-bond acceptors (Lipinski definition) is 3. The Morgan fingerprint density at radius 2 is 1.73 bits per heavy atom. The zero-order valence-electron chi connectivity index (χ0n) is 12.3. The van der Waals surface area contributed by atoms with Crippen molar-refractivity contribution in [1.29, 1.82) is 0 Å². The summed E-state index contributed by atoms with van der Waals surface area (Å²) in [7, 11) is 0. The summed E-state index contributed by atoms with van der Waals surface area (Å²) in [6.45, 7) is 4.16. The second kappa shape index (κ2) is 8.82. The SMILES string of the molecule is CC(N1CCN(Cc2cccc(N)c2)CC1)C(F)(F)F.Cl.Cl. The highest BCUT2D eigenvalue weighted by atomic mass is 35.5. The van der Waals surface area contributed by atoms with Gasteiger partial charge >= 0.3 is 6.18 Å². The van der Waals surface area contributed by atoms with Gasteiger partial charge in [-0.25, -0.2) is 0 Å². The van der Waals surface area contributed by atoms with E-state index < -0.39 is 12.2 Å². The Morgan fingerprint density at radius 1 is 1.14 bits per heavy atom. The molecule has 1 aliphatic rings. The van der Waals surface area contributed by atoms with Gasteiger partial charge in [0.05, 0.1) is 0 Å². The van der Waals surface area contributed by atoms with E-state index >= 15 is 0 Å². The van der Waals surface area contributed by atoms with Gasteiger partial charge < -0.3 is 5.73 Å². The molecule has 0 saturated carbocycles. The van der Waals surface area contributed by atoms with Gasteiger partial charge in [0.25, 0.3) is 0 Å². The maximum atomic E-state index is 12.7. The molecule has 1 heterocycles. The van der Waals surface area contributed by atoms with Crippen molar-refractivity contribution < 1.29 is 13.2 Å². The summed E-state index contributed by atoms with van der Waals surface area (Å²) in [6.07, 6.45) is -4.14. The van der Waals surface area contributed by atoms with Gasteiger partial charge in [-0.3, -0.25) is 9.80 Å². The van der Waals surface area contributed by atoms with Crippen LogP contribution < -0.4 is 5.73 Å². The molecule has 0 aromatic heterocycles. The smallest absolute Gasteiger partial charge is 0.399 e. The minimum atomic E-state index is -4.14. The number of nitrogens with zero attached hydrogens (tertiary/aromatic N) is 2. The molecular formula is C14H22Cl2F3N3. The van der Waals surface area contributed by atoms with Crippen LogP contribution in [0.15, 0.2) is 24.3 Å². The van der Waals surface area contributed by atoms with Crippen LogP contribution in [0, 0.1) is 0 Å². The Balaban J connectivity index is 0.00000220. The fourth-order valence-corrected chi connectivity index (χ4v) is 2.47. The van der Waals surface area contributed by atoms with E-state index in [-0.39, 0.29) is 24.8 Å². The fourth-order valence-electron chi connectivity index (χ4n) is 2.47. The van der Waals surface area contributed by atoms with Crippen LogP contribution in [0.1, 0.15) is 12.5 Å². The molecule has 1 aromatic carbocycles. The quantitative estimate of drug-likeness (QED) is 0.841. The number of anilines is 1. The predicted octanol–water partition coefficient (Wildman–Crippen LogP) is 3.18. The van der Waals surface area contributed by atoms with Crippen LogP contribution in [-0.2, 0) is 6.54 Å². The number of nitrogen functional groups attached to an aromatic ring is 1. The van der Waals surface area contributed by atoms with E-state index in [2.05, 4.69) is 4.90 Å². The molecule has 0 spiro atoms. The average molecular weight is 360 g/mol. The summed E-state index contributed by atoms with van der Waals surface area (Å²) < 4.78 is 38.0. The molecule has 22 heavy (non-hydrogen) atoms. The first-order valence-electron chi connectivity index (χ1n) is 6.74. The molecule has 0 aliphatic carbocycles. The normalized spacial score (nSPS) is 18.2. The Bertz CT molecular complexity index is 449. The summed E-state index contributed by atoms with van der Waals surface area (Å²) in [5.74, 6) is 0. The highest BCUT2D eigenvalue weighted by Crippen LogP contribution is 2.25. The van der Waals surface area contributed by atoms with Crippen molar-refractivity contribution in [3.8, 4) is 0 Å². The second-order valence-corrected chi connectivity index (χ2v) is 5.27. The lowest BCUT2D eigenvalue weighted by Gasteiger charge is -2.38. The third-order valence-electron chi connectivity index (χ3n) is 3.79. The number of hydrogen-bond donors (Lipinski definition) is 1. The van der Waals surface area contributed by atoms with Gasteiger partial charge in [0.15, 0.2) is 0 Å². The third-order valence-corrected chi connectivity index (χ3v) is 3.79. The maximum absolute atomic E-state index is 12.7. The number of halogens is 5. The van der Waals surface area contributed by atoms with Crippen molar-refractivity contribution in [1.82, 2.24) is 9.80 Å². The van der Waals surface area contributed by atoms with E-state index in [0.717, 1.165) is 12.1 Å². The standard InChI is InChI=1S/C14H20F3N3.2ClH/c1-11(14(15,16)17)20-7-5-19(6-8-20)10-12-3-2-4-13(18)9-12;;/h2-4,9,11H,5-8,10,18H2,1H3;2*1H. The van der Waals surface area contributed by atoms with Gasteiger partial charge in [-0.2, -0.15) is 13.2 Å². The van der Waals surface area contributed by atoms with E-state index in [0.29, 0.717) is 31.9 Å². The van der Waals surface area contributed by atoms with Crippen LogP contribution in [0.4, 0.5) is 18.9 Å². The number of rotatable bonds is 3. The van der Waals surface area contributed by atoms with E-state index in [4.69, 9.17) is 5.73 Å². The molecule has 0 bridgehead atoms. The van der Waals surface area contributed by atoms with Crippen molar-refractivity contribution in [3.05, 3.63) is 29.8 Å². The lowest BCUT2D eigenvalue weighted by Crippen LogP contribution is -2.53. The molecule has 1 unspecified atom stereocenters. The molecule has 3 nitrogen and oxygen atoms in total. The topological polar surface area (TPSA) is 32.5 Å². The molecule has 1 aliphatic heterocycles. The van der Waals surface area contributed by atoms with Crippen molar-refractivity contribution in [2.24, 2.45) is 0 Å². The van der Waals surface area contributed by atoms with Crippen LogP contribution in [-0.4, -0.2) is 48.2 Å². The first-order chi connectivity index (χ1) is 9.36. The van der Waals surface area contributed by atoms with Gasteiger partial charge in [0, 0.05) is 38.4 Å². The molecule has 0 amide bonds. The highest BCUT2D eigenvalue weighted by Gasteiger charge is 2.40. The van der Waals surface area contributed by atoms with Crippen molar-refractivity contribution in [3.63, 3.8) is 0 Å². The van der Waals surface area contributed by atoms with Gasteiger partial charge in [-0.05, 0) is 24.6 Å². The maximum Gasteiger partial charge on any atom is 0.403 e. The van der Waals surface area contributed by atoms with E-state index in [1.807, 2.05) is 24.3 Å². The van der Waals surface area contributed by atoms with Gasteiger partial charge in [0.1, 0.15) is 6.04 Å². The van der Waals surface area contributed by atoms with Crippen molar-refractivity contribution in [2.45, 2.75) is 25.7 Å². The van der Waals surface area contributed by atoms with Crippen LogP contribution >= 0.6 is 24.8 Å². The van der Waals surface area contributed by atoms with E-state index in [1.165, 1.54) is 11.8 Å². The van der Waals surface area contributed by atoms with Crippen molar-refractivity contribution >= 4 is 30.5 Å². The molecule has 8 heteroatoms. The molecule has 128 valence electrons. The Labute approximate surface area is 141 Å². The predicted molar refractivity (Wildman–Crippen MR) is 87.7 cm³/mol. The number of piperazine rings is 1. The summed E-state index contributed by atoms with van der Waals surface area (Å²) in [4.78, 5) is 3.66. The molecule has 1 fully saturated rings. The monoisotopic (exact) mass is 359 g/mol. The van der Waals surface area contributed by atoms with Crippen molar-refractivity contribution in [2.75, 3.05) is 31.9 Å². The fraction of sp³-hybridized carbons (Fsp3) is 0.571. The lowest BCUT2D eigenvalue weighted by molar-refractivity contribution is -0.182. The zero-order chi connectivity index (χ0) is 14.8.